The van der Waals surface area contributed by atoms with E-state index in [1.807, 2.05) is 0 Å². The molecule has 18 heavy (non-hydrogen) atoms. The molecule has 0 aliphatic carbocycles. The van der Waals surface area contributed by atoms with E-state index in [2.05, 4.69) is 32.6 Å². The monoisotopic (exact) mass is 255 g/mol. The Hall–Kier alpha value is -0.450. The summed E-state index contributed by atoms with van der Waals surface area (Å²) in [6, 6.07) is 0. The lowest BCUT2D eigenvalue weighted by Crippen LogP contribution is -2.59. The quantitative estimate of drug-likeness (QED) is 0.716. The average Bonchev–Trinajstić information content (AvgIpc) is 2.61. The fourth-order valence-corrected chi connectivity index (χ4v) is 3.38. The molecule has 2 fully saturated rings. The summed E-state index contributed by atoms with van der Waals surface area (Å²) in [4.78, 5) is 13.7. The second-order valence-electron chi connectivity index (χ2n) is 7.05. The molecule has 2 rings (SSSR count). The normalized spacial score (nSPS) is 35.6. The third-order valence-electron chi connectivity index (χ3n) is 3.68. The Labute approximate surface area is 110 Å². The van der Waals surface area contributed by atoms with Crippen molar-refractivity contribution in [3.63, 3.8) is 0 Å². The highest BCUT2D eigenvalue weighted by Gasteiger charge is 2.43. The van der Waals surface area contributed by atoms with Gasteiger partial charge in [0.15, 0.2) is 0 Å². The molecular formula is C14H25NO3. The molecule has 2 heterocycles. The minimum Gasteiger partial charge on any atom is -0.380 e. The number of hydrogen-bond acceptors (Lipinski definition) is 4. The second kappa shape index (κ2) is 4.58. The molecule has 0 N–H and O–H groups in total. The highest BCUT2D eigenvalue weighted by atomic mass is 16.5. The number of morpholine rings is 1. The molecule has 4 heteroatoms. The van der Waals surface area contributed by atoms with E-state index in [0.29, 0.717) is 13.2 Å². The highest BCUT2D eigenvalue weighted by Crippen LogP contribution is 2.33. The summed E-state index contributed by atoms with van der Waals surface area (Å²) < 4.78 is 11.5. The predicted octanol–water partition coefficient (Wildman–Crippen LogP) is 1.48. The third kappa shape index (κ3) is 3.11. The summed E-state index contributed by atoms with van der Waals surface area (Å²) in [5.41, 5.74) is -0.625. The van der Waals surface area contributed by atoms with Crippen molar-refractivity contribution in [2.24, 2.45) is 5.41 Å². The zero-order valence-corrected chi connectivity index (χ0v) is 12.0. The lowest BCUT2D eigenvalue weighted by Gasteiger charge is -2.48. The van der Waals surface area contributed by atoms with E-state index in [9.17, 15) is 4.79 Å². The van der Waals surface area contributed by atoms with Gasteiger partial charge in [0.05, 0.1) is 23.2 Å². The summed E-state index contributed by atoms with van der Waals surface area (Å²) in [5, 5.41) is 0. The zero-order valence-electron chi connectivity index (χ0n) is 12.0. The Kier molecular flexibility index (Phi) is 3.56. The van der Waals surface area contributed by atoms with Crippen molar-refractivity contribution >= 4 is 6.29 Å². The number of hydrogen-bond donors (Lipinski definition) is 0. The number of ether oxygens (including phenoxy) is 2. The van der Waals surface area contributed by atoms with Gasteiger partial charge in [0.2, 0.25) is 0 Å². The van der Waals surface area contributed by atoms with Gasteiger partial charge in [-0.3, -0.25) is 4.90 Å². The van der Waals surface area contributed by atoms with Crippen molar-refractivity contribution < 1.29 is 14.3 Å². The van der Waals surface area contributed by atoms with E-state index in [0.717, 1.165) is 32.3 Å². The second-order valence-corrected chi connectivity index (χ2v) is 7.05. The van der Waals surface area contributed by atoms with Crippen molar-refractivity contribution in [1.29, 1.82) is 0 Å². The van der Waals surface area contributed by atoms with E-state index in [-0.39, 0.29) is 16.6 Å². The summed E-state index contributed by atoms with van der Waals surface area (Å²) >= 11 is 0. The van der Waals surface area contributed by atoms with Gasteiger partial charge >= 0.3 is 0 Å². The lowest BCUT2D eigenvalue weighted by atomic mass is 9.87. The zero-order chi connectivity index (χ0) is 13.4. The van der Waals surface area contributed by atoms with Crippen LogP contribution >= 0.6 is 0 Å². The van der Waals surface area contributed by atoms with Crippen LogP contribution in [0.5, 0.6) is 0 Å². The van der Waals surface area contributed by atoms with E-state index in [4.69, 9.17) is 9.47 Å². The van der Waals surface area contributed by atoms with Crippen LogP contribution < -0.4 is 0 Å². The van der Waals surface area contributed by atoms with Crippen molar-refractivity contribution in [1.82, 2.24) is 4.90 Å². The number of rotatable bonds is 3. The first kappa shape index (κ1) is 14.0. The maximum Gasteiger partial charge on any atom is 0.129 e. The van der Waals surface area contributed by atoms with E-state index >= 15 is 0 Å². The van der Waals surface area contributed by atoms with Gasteiger partial charge < -0.3 is 14.3 Å². The van der Waals surface area contributed by atoms with Gasteiger partial charge in [-0.25, -0.2) is 0 Å². The van der Waals surface area contributed by atoms with Crippen molar-refractivity contribution in [3.8, 4) is 0 Å². The van der Waals surface area contributed by atoms with E-state index in [1.54, 1.807) is 0 Å². The van der Waals surface area contributed by atoms with Crippen molar-refractivity contribution in [3.05, 3.63) is 0 Å². The van der Waals surface area contributed by atoms with Crippen LogP contribution in [0.3, 0.4) is 0 Å². The molecular weight excluding hydrogens is 230 g/mol. The van der Waals surface area contributed by atoms with Gasteiger partial charge in [-0.15, -0.1) is 0 Å². The van der Waals surface area contributed by atoms with Crippen LogP contribution in [-0.2, 0) is 14.3 Å². The molecule has 0 amide bonds. The summed E-state index contributed by atoms with van der Waals surface area (Å²) in [6.07, 6.45) is 1.93. The number of nitrogens with zero attached hydrogens (tertiary/aromatic N) is 1. The van der Waals surface area contributed by atoms with E-state index < -0.39 is 0 Å². The molecule has 4 nitrogen and oxygen atoms in total. The molecule has 0 bridgehead atoms. The van der Waals surface area contributed by atoms with Gasteiger partial charge in [0.1, 0.15) is 6.29 Å². The van der Waals surface area contributed by atoms with Gasteiger partial charge in [0, 0.05) is 26.2 Å². The molecule has 1 unspecified atom stereocenters. The average molecular weight is 255 g/mol. The molecule has 2 aliphatic rings. The summed E-state index contributed by atoms with van der Waals surface area (Å²) in [7, 11) is 0. The van der Waals surface area contributed by atoms with Gasteiger partial charge in [0.25, 0.3) is 0 Å². The minimum absolute atomic E-state index is 0.161. The Balaban J connectivity index is 2.06. The predicted molar refractivity (Wildman–Crippen MR) is 69.6 cm³/mol. The van der Waals surface area contributed by atoms with Crippen LogP contribution in [0.4, 0.5) is 0 Å². The molecule has 1 atom stereocenters. The third-order valence-corrected chi connectivity index (χ3v) is 3.68. The molecule has 0 aromatic carbocycles. The van der Waals surface area contributed by atoms with E-state index in [1.165, 1.54) is 0 Å². The Morgan fingerprint density at radius 1 is 1.17 bits per heavy atom. The number of aldehydes is 1. The van der Waals surface area contributed by atoms with Crippen LogP contribution in [0.2, 0.25) is 0 Å². The smallest absolute Gasteiger partial charge is 0.129 e. The molecule has 0 spiro atoms. The lowest BCUT2D eigenvalue weighted by molar-refractivity contribution is -0.184. The number of carbonyl (C=O) groups excluding carboxylic acids is 1. The van der Waals surface area contributed by atoms with Crippen molar-refractivity contribution in [2.45, 2.75) is 45.3 Å². The first-order valence-corrected chi connectivity index (χ1v) is 6.73. The SMILES string of the molecule is CC1(C)CN(CC2(C=O)CCOC2)CC(C)(C)O1. The molecule has 2 saturated heterocycles. The fourth-order valence-electron chi connectivity index (χ4n) is 3.38. The van der Waals surface area contributed by atoms with Crippen LogP contribution in [0.25, 0.3) is 0 Å². The Morgan fingerprint density at radius 2 is 1.78 bits per heavy atom. The van der Waals surface area contributed by atoms with Gasteiger partial charge in [-0.2, -0.15) is 0 Å². The molecule has 0 radical (unpaired) electrons. The van der Waals surface area contributed by atoms with Gasteiger partial charge in [-0.05, 0) is 34.1 Å². The molecule has 2 aliphatic heterocycles. The van der Waals surface area contributed by atoms with Crippen LogP contribution in [-0.4, -0.2) is 55.2 Å². The van der Waals surface area contributed by atoms with Crippen LogP contribution in [0, 0.1) is 5.41 Å². The van der Waals surface area contributed by atoms with Crippen LogP contribution in [0.15, 0.2) is 0 Å². The minimum atomic E-state index is -0.302. The molecule has 104 valence electrons. The number of carbonyl (C=O) groups is 1. The standard InChI is InChI=1S/C14H25NO3/c1-12(2)7-15(8-13(3,4)18-12)9-14(10-16)5-6-17-11-14/h10H,5-9,11H2,1-4H3. The molecule has 0 aromatic rings. The Morgan fingerprint density at radius 3 is 2.22 bits per heavy atom. The molecule has 0 saturated carbocycles. The maximum atomic E-state index is 11.4. The maximum absolute atomic E-state index is 11.4. The van der Waals surface area contributed by atoms with Gasteiger partial charge in [-0.1, -0.05) is 0 Å². The molecule has 0 aromatic heterocycles. The topological polar surface area (TPSA) is 38.8 Å². The fraction of sp³-hybridized carbons (Fsp3) is 0.929. The highest BCUT2D eigenvalue weighted by molar-refractivity contribution is 5.60. The van der Waals surface area contributed by atoms with Crippen molar-refractivity contribution in [2.75, 3.05) is 32.8 Å². The summed E-state index contributed by atoms with van der Waals surface area (Å²) in [6.45, 7) is 12.2. The Bertz CT molecular complexity index is 303. The largest absolute Gasteiger partial charge is 0.380 e. The van der Waals surface area contributed by atoms with Crippen LogP contribution in [0.1, 0.15) is 34.1 Å². The summed E-state index contributed by atoms with van der Waals surface area (Å²) in [5.74, 6) is 0. The first-order valence-electron chi connectivity index (χ1n) is 6.73. The first-order chi connectivity index (χ1) is 8.26.